The van der Waals surface area contributed by atoms with E-state index in [4.69, 9.17) is 4.74 Å². The summed E-state index contributed by atoms with van der Waals surface area (Å²) in [5, 5.41) is 5.91. The highest BCUT2D eigenvalue weighted by Gasteiger charge is 2.29. The summed E-state index contributed by atoms with van der Waals surface area (Å²) in [6, 6.07) is 11.8. The summed E-state index contributed by atoms with van der Waals surface area (Å²) in [5.74, 6) is 0.227. The summed E-state index contributed by atoms with van der Waals surface area (Å²) in [7, 11) is 0. The number of aromatic amines is 1. The monoisotopic (exact) mass is 378 g/mol. The Bertz CT molecular complexity index is 1100. The highest BCUT2D eigenvalue weighted by Crippen LogP contribution is 2.30. The van der Waals surface area contributed by atoms with Crippen LogP contribution >= 0.6 is 0 Å². The largest absolute Gasteiger partial charge is 0.484 e. The number of anilines is 2. The Morgan fingerprint density at radius 3 is 2.75 bits per heavy atom. The van der Waals surface area contributed by atoms with Gasteiger partial charge in [-0.2, -0.15) is 0 Å². The topological polar surface area (TPSA) is 113 Å². The molecule has 2 amide bonds. The summed E-state index contributed by atoms with van der Waals surface area (Å²) >= 11 is 0. The average Bonchev–Trinajstić information content (AvgIpc) is 3.53. The second-order valence-electron chi connectivity index (χ2n) is 6.59. The summed E-state index contributed by atoms with van der Waals surface area (Å²) in [6.07, 6.45) is 3.19. The van der Waals surface area contributed by atoms with E-state index in [0.29, 0.717) is 28.0 Å². The van der Waals surface area contributed by atoms with Gasteiger partial charge in [-0.15, -0.1) is 0 Å². The fourth-order valence-corrected chi connectivity index (χ4v) is 2.75. The number of aromatic nitrogens is 2. The Hall–Kier alpha value is -3.68. The number of amides is 2. The first kappa shape index (κ1) is 17.7. The third kappa shape index (κ3) is 4.17. The van der Waals surface area contributed by atoms with Crippen molar-refractivity contribution in [1.29, 1.82) is 0 Å². The number of nitrogens with zero attached hydrogens (tertiary/aromatic N) is 1. The first-order chi connectivity index (χ1) is 13.6. The van der Waals surface area contributed by atoms with Crippen LogP contribution in [0.15, 0.2) is 53.6 Å². The molecule has 3 N–H and O–H groups in total. The number of nitrogens with one attached hydrogen (secondary N) is 3. The highest BCUT2D eigenvalue weighted by atomic mass is 16.5. The Kier molecular flexibility index (Phi) is 4.76. The number of hydrogen-bond acceptors (Lipinski definition) is 5. The molecule has 0 saturated heterocycles. The number of hydrogen-bond donors (Lipinski definition) is 3. The van der Waals surface area contributed by atoms with Crippen LogP contribution in [0.2, 0.25) is 0 Å². The number of benzene rings is 2. The molecule has 0 unspecified atom stereocenters. The molecule has 1 saturated carbocycles. The molecular formula is C20H18N4O4. The van der Waals surface area contributed by atoms with Crippen molar-refractivity contribution in [3.05, 3.63) is 59.1 Å². The molecule has 8 nitrogen and oxygen atoms in total. The van der Waals surface area contributed by atoms with Gasteiger partial charge in [0.05, 0.1) is 17.2 Å². The van der Waals surface area contributed by atoms with Crippen LogP contribution in [0.3, 0.4) is 0 Å². The molecule has 1 aromatic heterocycles. The molecule has 8 heteroatoms. The van der Waals surface area contributed by atoms with Gasteiger partial charge in [-0.3, -0.25) is 14.4 Å². The lowest BCUT2D eigenvalue weighted by Crippen LogP contribution is -2.20. The maximum absolute atomic E-state index is 12.2. The van der Waals surface area contributed by atoms with Crippen LogP contribution in [-0.2, 0) is 9.59 Å². The zero-order valence-corrected chi connectivity index (χ0v) is 14.9. The van der Waals surface area contributed by atoms with Crippen LogP contribution in [0.4, 0.5) is 11.4 Å². The van der Waals surface area contributed by atoms with Gasteiger partial charge >= 0.3 is 0 Å². The van der Waals surface area contributed by atoms with Gasteiger partial charge in [0.1, 0.15) is 5.75 Å². The van der Waals surface area contributed by atoms with Crippen molar-refractivity contribution < 1.29 is 14.3 Å². The predicted octanol–water partition coefficient (Wildman–Crippen LogP) is 2.29. The van der Waals surface area contributed by atoms with E-state index >= 15 is 0 Å². The second kappa shape index (κ2) is 7.51. The fourth-order valence-electron chi connectivity index (χ4n) is 2.75. The van der Waals surface area contributed by atoms with Crippen molar-refractivity contribution in [2.45, 2.75) is 12.8 Å². The molecule has 0 radical (unpaired) electrons. The van der Waals surface area contributed by atoms with Crippen LogP contribution < -0.4 is 20.9 Å². The lowest BCUT2D eigenvalue weighted by Gasteiger charge is -2.10. The van der Waals surface area contributed by atoms with Gasteiger partial charge < -0.3 is 20.4 Å². The Morgan fingerprint density at radius 1 is 1.11 bits per heavy atom. The summed E-state index contributed by atoms with van der Waals surface area (Å²) in [4.78, 5) is 42.4. The molecule has 142 valence electrons. The maximum atomic E-state index is 12.2. The van der Waals surface area contributed by atoms with Gasteiger partial charge in [0, 0.05) is 23.4 Å². The molecular weight excluding hydrogens is 360 g/mol. The van der Waals surface area contributed by atoms with Gasteiger partial charge in [0.15, 0.2) is 6.61 Å². The van der Waals surface area contributed by atoms with E-state index in [2.05, 4.69) is 20.6 Å². The van der Waals surface area contributed by atoms with Gasteiger partial charge in [0.2, 0.25) is 5.91 Å². The molecule has 0 aliphatic heterocycles. The van der Waals surface area contributed by atoms with Crippen LogP contribution in [-0.4, -0.2) is 28.4 Å². The van der Waals surface area contributed by atoms with E-state index in [1.54, 1.807) is 42.5 Å². The van der Waals surface area contributed by atoms with Crippen molar-refractivity contribution >= 4 is 34.1 Å². The lowest BCUT2D eigenvalue weighted by molar-refractivity contribution is -0.118. The predicted molar refractivity (Wildman–Crippen MR) is 104 cm³/mol. The number of rotatable bonds is 6. The first-order valence-corrected chi connectivity index (χ1v) is 8.89. The molecule has 1 aliphatic carbocycles. The number of H-pyrrole nitrogens is 1. The van der Waals surface area contributed by atoms with Crippen molar-refractivity contribution in [3.63, 3.8) is 0 Å². The van der Waals surface area contributed by atoms with Gasteiger partial charge in [-0.25, -0.2) is 4.98 Å². The summed E-state index contributed by atoms with van der Waals surface area (Å²) in [6.45, 7) is -0.207. The first-order valence-electron chi connectivity index (χ1n) is 8.89. The molecule has 0 bridgehead atoms. The van der Waals surface area contributed by atoms with Crippen molar-refractivity contribution in [1.82, 2.24) is 9.97 Å². The minimum Gasteiger partial charge on any atom is -0.484 e. The van der Waals surface area contributed by atoms with Crippen LogP contribution in [0.5, 0.6) is 5.75 Å². The quantitative estimate of drug-likeness (QED) is 0.609. The summed E-state index contributed by atoms with van der Waals surface area (Å²) < 4.78 is 5.51. The number of carbonyl (C=O) groups is 2. The van der Waals surface area contributed by atoms with E-state index < -0.39 is 0 Å². The summed E-state index contributed by atoms with van der Waals surface area (Å²) in [5.41, 5.74) is 1.38. The van der Waals surface area contributed by atoms with E-state index in [0.717, 1.165) is 12.8 Å². The normalized spacial score (nSPS) is 13.1. The molecule has 3 aromatic rings. The molecule has 0 atom stereocenters. The van der Waals surface area contributed by atoms with Gasteiger partial charge in [-0.05, 0) is 43.2 Å². The number of fused-ring (bicyclic) bond motifs is 1. The molecule has 2 aromatic carbocycles. The zero-order chi connectivity index (χ0) is 19.5. The lowest BCUT2D eigenvalue weighted by atomic mass is 10.2. The Balaban J connectivity index is 1.36. The molecule has 1 heterocycles. The van der Waals surface area contributed by atoms with Crippen LogP contribution in [0.25, 0.3) is 10.9 Å². The van der Waals surface area contributed by atoms with Gasteiger partial charge in [-0.1, -0.05) is 6.07 Å². The van der Waals surface area contributed by atoms with E-state index in [1.165, 1.54) is 6.33 Å². The molecule has 4 rings (SSSR count). The third-order valence-corrected chi connectivity index (χ3v) is 4.34. The number of ether oxygens (including phenoxy) is 1. The molecule has 28 heavy (non-hydrogen) atoms. The van der Waals surface area contributed by atoms with Gasteiger partial charge in [0.25, 0.3) is 11.5 Å². The van der Waals surface area contributed by atoms with Crippen molar-refractivity contribution in [2.75, 3.05) is 17.2 Å². The minimum atomic E-state index is -0.368. The standard InChI is InChI=1S/C20H18N4O4/c25-18(23-14-6-7-17-16(9-14)20(27)22-11-21-17)10-28-15-3-1-2-13(8-15)24-19(26)12-4-5-12/h1-3,6-9,11-12H,4-5,10H2,(H,23,25)(H,24,26)(H,21,22,27). The van der Waals surface area contributed by atoms with Crippen molar-refractivity contribution in [3.8, 4) is 5.75 Å². The van der Waals surface area contributed by atoms with E-state index in [-0.39, 0.29) is 29.9 Å². The average molecular weight is 378 g/mol. The SMILES string of the molecule is O=C(COc1cccc(NC(=O)C2CC2)c1)Nc1ccc2nc[nH]c(=O)c2c1. The fraction of sp³-hybridized carbons (Fsp3) is 0.200. The third-order valence-electron chi connectivity index (χ3n) is 4.34. The molecule has 0 spiro atoms. The highest BCUT2D eigenvalue weighted by molar-refractivity contribution is 5.95. The minimum absolute atomic E-state index is 0.00988. The smallest absolute Gasteiger partial charge is 0.262 e. The molecule has 1 aliphatic rings. The Morgan fingerprint density at radius 2 is 1.93 bits per heavy atom. The Labute approximate surface area is 159 Å². The maximum Gasteiger partial charge on any atom is 0.262 e. The van der Waals surface area contributed by atoms with E-state index in [1.807, 2.05) is 0 Å². The van der Waals surface area contributed by atoms with Crippen LogP contribution in [0, 0.1) is 5.92 Å². The number of carbonyl (C=O) groups excluding carboxylic acids is 2. The van der Waals surface area contributed by atoms with Crippen molar-refractivity contribution in [2.24, 2.45) is 5.92 Å². The zero-order valence-electron chi connectivity index (χ0n) is 14.9. The van der Waals surface area contributed by atoms with E-state index in [9.17, 15) is 14.4 Å². The molecule has 1 fully saturated rings. The second-order valence-corrected chi connectivity index (χ2v) is 6.59. The van der Waals surface area contributed by atoms with Crippen LogP contribution in [0.1, 0.15) is 12.8 Å².